The molecule has 0 spiro atoms. The van der Waals surface area contributed by atoms with Gasteiger partial charge < -0.3 is 14.2 Å². The highest BCUT2D eigenvalue weighted by atomic mass is 35.5. The SMILES string of the molecule is COc1ccc(/C=N/NC(=O)c2ccccc2OCc2ccc(Cl)cc2Cl)c(OC)c1. The summed E-state index contributed by atoms with van der Waals surface area (Å²) in [7, 11) is 3.12. The molecule has 3 aromatic carbocycles. The maximum atomic E-state index is 12.6. The summed E-state index contributed by atoms with van der Waals surface area (Å²) in [4.78, 5) is 12.6. The van der Waals surface area contributed by atoms with Crippen LogP contribution < -0.4 is 19.6 Å². The van der Waals surface area contributed by atoms with Crippen molar-refractivity contribution in [1.82, 2.24) is 5.43 Å². The van der Waals surface area contributed by atoms with Crippen LogP contribution in [0.3, 0.4) is 0 Å². The lowest BCUT2D eigenvalue weighted by atomic mass is 10.2. The van der Waals surface area contributed by atoms with Gasteiger partial charge in [0, 0.05) is 27.2 Å². The fraction of sp³-hybridized carbons (Fsp3) is 0.130. The van der Waals surface area contributed by atoms with Gasteiger partial charge in [0.15, 0.2) is 0 Å². The second-order valence-electron chi connectivity index (χ2n) is 6.33. The second kappa shape index (κ2) is 10.7. The van der Waals surface area contributed by atoms with Crippen LogP contribution in [0.2, 0.25) is 10.0 Å². The van der Waals surface area contributed by atoms with E-state index in [-0.39, 0.29) is 6.61 Å². The Labute approximate surface area is 190 Å². The molecule has 0 aliphatic heterocycles. The van der Waals surface area contributed by atoms with E-state index >= 15 is 0 Å². The van der Waals surface area contributed by atoms with Crippen molar-refractivity contribution in [1.29, 1.82) is 0 Å². The Hall–Kier alpha value is -3.22. The first-order valence-corrected chi connectivity index (χ1v) is 9.98. The molecule has 0 bridgehead atoms. The maximum Gasteiger partial charge on any atom is 0.275 e. The maximum absolute atomic E-state index is 12.6. The van der Waals surface area contributed by atoms with E-state index < -0.39 is 5.91 Å². The largest absolute Gasteiger partial charge is 0.497 e. The van der Waals surface area contributed by atoms with E-state index in [1.165, 1.54) is 6.21 Å². The number of para-hydroxylation sites is 1. The van der Waals surface area contributed by atoms with Crippen LogP contribution in [-0.2, 0) is 6.61 Å². The Balaban J connectivity index is 1.69. The predicted octanol–water partition coefficient (Wildman–Crippen LogP) is 5.35. The minimum atomic E-state index is -0.415. The Kier molecular flexibility index (Phi) is 7.76. The summed E-state index contributed by atoms with van der Waals surface area (Å²) in [5.74, 6) is 1.22. The minimum Gasteiger partial charge on any atom is -0.497 e. The van der Waals surface area contributed by atoms with Crippen LogP contribution in [0.4, 0.5) is 0 Å². The number of amides is 1. The molecule has 3 aromatic rings. The van der Waals surface area contributed by atoms with Crippen molar-refractivity contribution in [2.24, 2.45) is 5.10 Å². The van der Waals surface area contributed by atoms with Crippen LogP contribution in [0.15, 0.2) is 65.8 Å². The zero-order chi connectivity index (χ0) is 22.2. The van der Waals surface area contributed by atoms with Gasteiger partial charge in [-0.2, -0.15) is 5.10 Å². The van der Waals surface area contributed by atoms with Gasteiger partial charge in [-0.15, -0.1) is 0 Å². The Morgan fingerprint density at radius 3 is 2.55 bits per heavy atom. The number of hydrogen-bond acceptors (Lipinski definition) is 5. The van der Waals surface area contributed by atoms with Gasteiger partial charge >= 0.3 is 0 Å². The second-order valence-corrected chi connectivity index (χ2v) is 7.17. The molecule has 0 fully saturated rings. The lowest BCUT2D eigenvalue weighted by molar-refractivity contribution is 0.0950. The number of nitrogens with one attached hydrogen (secondary N) is 1. The van der Waals surface area contributed by atoms with Gasteiger partial charge in [-0.05, 0) is 36.4 Å². The van der Waals surface area contributed by atoms with Crippen LogP contribution in [0.1, 0.15) is 21.5 Å². The van der Waals surface area contributed by atoms with Crippen LogP contribution in [-0.4, -0.2) is 26.3 Å². The van der Waals surface area contributed by atoms with Crippen LogP contribution in [0, 0.1) is 0 Å². The molecule has 1 amide bonds. The highest BCUT2D eigenvalue weighted by Crippen LogP contribution is 2.25. The summed E-state index contributed by atoms with van der Waals surface area (Å²) in [6.45, 7) is 0.187. The van der Waals surface area contributed by atoms with Crippen molar-refractivity contribution in [3.05, 3.63) is 87.4 Å². The van der Waals surface area contributed by atoms with Gasteiger partial charge in [-0.25, -0.2) is 5.43 Å². The normalized spacial score (nSPS) is 10.7. The number of hydrogen-bond donors (Lipinski definition) is 1. The number of halogens is 2. The molecule has 0 aliphatic carbocycles. The summed E-state index contributed by atoms with van der Waals surface area (Å²) < 4.78 is 16.3. The van der Waals surface area contributed by atoms with E-state index in [2.05, 4.69) is 10.5 Å². The topological polar surface area (TPSA) is 69.2 Å². The molecule has 6 nitrogen and oxygen atoms in total. The zero-order valence-electron chi connectivity index (χ0n) is 16.9. The summed E-state index contributed by atoms with van der Waals surface area (Å²) in [6.07, 6.45) is 1.49. The van der Waals surface area contributed by atoms with Gasteiger partial charge in [0.05, 0.1) is 26.0 Å². The fourth-order valence-electron chi connectivity index (χ4n) is 2.72. The predicted molar refractivity (Wildman–Crippen MR) is 122 cm³/mol. The van der Waals surface area contributed by atoms with Gasteiger partial charge in [-0.3, -0.25) is 4.79 Å². The van der Waals surface area contributed by atoms with E-state index in [0.717, 1.165) is 5.56 Å². The monoisotopic (exact) mass is 458 g/mol. The molecular weight excluding hydrogens is 439 g/mol. The van der Waals surface area contributed by atoms with Gasteiger partial charge in [0.2, 0.25) is 0 Å². The van der Waals surface area contributed by atoms with Crippen molar-refractivity contribution >= 4 is 35.3 Å². The number of carbonyl (C=O) groups is 1. The van der Waals surface area contributed by atoms with Crippen molar-refractivity contribution in [3.8, 4) is 17.2 Å². The quantitative estimate of drug-likeness (QED) is 0.364. The van der Waals surface area contributed by atoms with E-state index in [1.807, 2.05) is 0 Å². The van der Waals surface area contributed by atoms with Gasteiger partial charge in [-0.1, -0.05) is 41.4 Å². The molecular formula is C23H20Cl2N2O4. The van der Waals surface area contributed by atoms with Crippen LogP contribution in [0.5, 0.6) is 17.2 Å². The first-order valence-electron chi connectivity index (χ1n) is 9.23. The van der Waals surface area contributed by atoms with Crippen LogP contribution >= 0.6 is 23.2 Å². The third kappa shape index (κ3) is 5.90. The molecule has 31 heavy (non-hydrogen) atoms. The molecule has 8 heteroatoms. The summed E-state index contributed by atoms with van der Waals surface area (Å²) in [6, 6.07) is 17.3. The molecule has 0 saturated carbocycles. The van der Waals surface area contributed by atoms with Crippen molar-refractivity contribution < 1.29 is 19.0 Å². The van der Waals surface area contributed by atoms with Crippen molar-refractivity contribution in [2.45, 2.75) is 6.61 Å². The summed E-state index contributed by atoms with van der Waals surface area (Å²) >= 11 is 12.1. The molecule has 0 atom stereocenters. The lowest BCUT2D eigenvalue weighted by Gasteiger charge is -2.11. The van der Waals surface area contributed by atoms with Gasteiger partial charge in [0.25, 0.3) is 5.91 Å². The Morgan fingerprint density at radius 1 is 1.00 bits per heavy atom. The van der Waals surface area contributed by atoms with E-state index in [0.29, 0.717) is 38.4 Å². The molecule has 3 rings (SSSR count). The van der Waals surface area contributed by atoms with Crippen molar-refractivity contribution in [2.75, 3.05) is 14.2 Å². The molecule has 160 valence electrons. The first-order chi connectivity index (χ1) is 15.0. The number of nitrogens with zero attached hydrogens (tertiary/aromatic N) is 1. The first kappa shape index (κ1) is 22.5. The number of carbonyl (C=O) groups excluding carboxylic acids is 1. The number of benzene rings is 3. The molecule has 0 unspecified atom stereocenters. The summed E-state index contributed by atoms with van der Waals surface area (Å²) in [5.41, 5.74) is 4.29. The smallest absolute Gasteiger partial charge is 0.275 e. The number of ether oxygens (including phenoxy) is 3. The molecule has 0 heterocycles. The molecule has 0 aromatic heterocycles. The highest BCUT2D eigenvalue weighted by molar-refractivity contribution is 6.35. The average molecular weight is 459 g/mol. The molecule has 1 N–H and O–H groups in total. The lowest BCUT2D eigenvalue weighted by Crippen LogP contribution is -2.18. The third-order valence-electron chi connectivity index (χ3n) is 4.34. The van der Waals surface area contributed by atoms with Gasteiger partial charge in [0.1, 0.15) is 23.9 Å². The van der Waals surface area contributed by atoms with E-state index in [4.69, 9.17) is 37.4 Å². The zero-order valence-corrected chi connectivity index (χ0v) is 18.4. The number of rotatable bonds is 8. The number of methoxy groups -OCH3 is 2. The Bertz CT molecular complexity index is 1100. The van der Waals surface area contributed by atoms with E-state index in [9.17, 15) is 4.79 Å². The third-order valence-corrected chi connectivity index (χ3v) is 4.93. The Morgan fingerprint density at radius 2 is 1.81 bits per heavy atom. The highest BCUT2D eigenvalue weighted by Gasteiger charge is 2.12. The molecule has 0 saturated heterocycles. The molecule has 0 radical (unpaired) electrons. The summed E-state index contributed by atoms with van der Waals surface area (Å²) in [5, 5.41) is 5.06. The van der Waals surface area contributed by atoms with E-state index in [1.54, 1.807) is 74.9 Å². The van der Waals surface area contributed by atoms with Crippen LogP contribution in [0.25, 0.3) is 0 Å². The minimum absolute atomic E-state index is 0.187. The van der Waals surface area contributed by atoms with Crippen molar-refractivity contribution in [3.63, 3.8) is 0 Å². The fourth-order valence-corrected chi connectivity index (χ4v) is 3.18. The average Bonchev–Trinajstić information content (AvgIpc) is 2.78. The standard InChI is InChI=1S/C23H20Cl2N2O4/c1-29-18-10-8-15(22(12-18)30-2)13-26-27-23(28)19-5-3-4-6-21(19)31-14-16-7-9-17(24)11-20(16)25/h3-13H,14H2,1-2H3,(H,27,28)/b26-13+. The number of hydrazone groups is 1. The molecule has 0 aliphatic rings.